The van der Waals surface area contributed by atoms with Crippen molar-refractivity contribution >= 4 is 5.82 Å². The van der Waals surface area contributed by atoms with E-state index in [1.54, 1.807) is 6.20 Å². The van der Waals surface area contributed by atoms with E-state index in [-0.39, 0.29) is 0 Å². The molecule has 0 aliphatic rings. The maximum Gasteiger partial charge on any atom is 0.169 e. The largest absolute Gasteiger partial charge is 0.381 e. The SMILES string of the molecule is Cc1nccn1CCn1nnc(N)c1C(C)C. The lowest BCUT2D eigenvalue weighted by molar-refractivity contribution is 0.490. The quantitative estimate of drug-likeness (QED) is 0.862. The van der Waals surface area contributed by atoms with Gasteiger partial charge in [0, 0.05) is 18.9 Å². The standard InChI is InChI=1S/C11H18N6/c1-8(2)10-11(12)14-15-17(10)7-6-16-5-4-13-9(16)3/h4-5,8H,6-7,12H2,1-3H3. The fraction of sp³-hybridized carbons (Fsp3) is 0.545. The molecular weight excluding hydrogens is 216 g/mol. The van der Waals surface area contributed by atoms with Crippen LogP contribution in [0.15, 0.2) is 12.4 Å². The molecule has 2 aromatic rings. The van der Waals surface area contributed by atoms with Crippen LogP contribution < -0.4 is 5.73 Å². The lowest BCUT2D eigenvalue weighted by atomic mass is 10.1. The molecule has 2 aromatic heterocycles. The number of nitrogens with two attached hydrogens (primary N) is 1. The summed E-state index contributed by atoms with van der Waals surface area (Å²) >= 11 is 0. The highest BCUT2D eigenvalue weighted by molar-refractivity contribution is 5.35. The van der Waals surface area contributed by atoms with Gasteiger partial charge in [-0.15, -0.1) is 5.10 Å². The van der Waals surface area contributed by atoms with E-state index in [9.17, 15) is 0 Å². The topological polar surface area (TPSA) is 74.5 Å². The highest BCUT2D eigenvalue weighted by Gasteiger charge is 2.13. The number of nitrogens with zero attached hydrogens (tertiary/aromatic N) is 5. The van der Waals surface area contributed by atoms with Crippen LogP contribution in [0.1, 0.15) is 31.3 Å². The first-order chi connectivity index (χ1) is 8.09. The van der Waals surface area contributed by atoms with Crippen molar-refractivity contribution in [1.29, 1.82) is 0 Å². The van der Waals surface area contributed by atoms with Crippen LogP contribution in [-0.4, -0.2) is 24.5 Å². The van der Waals surface area contributed by atoms with Gasteiger partial charge in [0.25, 0.3) is 0 Å². The lowest BCUT2D eigenvalue weighted by Crippen LogP contribution is -2.13. The minimum atomic E-state index is 0.328. The number of hydrogen-bond acceptors (Lipinski definition) is 4. The van der Waals surface area contributed by atoms with Crippen LogP contribution in [0.2, 0.25) is 0 Å². The van der Waals surface area contributed by atoms with Crippen LogP contribution in [0.4, 0.5) is 5.82 Å². The molecule has 0 aliphatic heterocycles. The first-order valence-electron chi connectivity index (χ1n) is 5.76. The monoisotopic (exact) mass is 234 g/mol. The maximum absolute atomic E-state index is 5.81. The van der Waals surface area contributed by atoms with Crippen LogP contribution in [0.3, 0.4) is 0 Å². The third kappa shape index (κ3) is 2.30. The molecule has 0 atom stereocenters. The zero-order valence-corrected chi connectivity index (χ0v) is 10.5. The maximum atomic E-state index is 5.81. The summed E-state index contributed by atoms with van der Waals surface area (Å²) in [7, 11) is 0. The Labute approximate surface area is 100 Å². The summed E-state index contributed by atoms with van der Waals surface area (Å²) in [4.78, 5) is 4.18. The molecule has 0 aliphatic carbocycles. The summed E-state index contributed by atoms with van der Waals surface area (Å²) in [6.45, 7) is 7.75. The van der Waals surface area contributed by atoms with Crippen LogP contribution in [-0.2, 0) is 13.1 Å². The van der Waals surface area contributed by atoms with Gasteiger partial charge < -0.3 is 10.3 Å². The van der Waals surface area contributed by atoms with E-state index in [2.05, 4.69) is 33.7 Å². The van der Waals surface area contributed by atoms with Gasteiger partial charge in [-0.3, -0.25) is 0 Å². The van der Waals surface area contributed by atoms with E-state index >= 15 is 0 Å². The van der Waals surface area contributed by atoms with Gasteiger partial charge in [0.05, 0.1) is 12.2 Å². The number of rotatable bonds is 4. The number of aryl methyl sites for hydroxylation is 3. The Balaban J connectivity index is 2.12. The zero-order chi connectivity index (χ0) is 12.4. The van der Waals surface area contributed by atoms with E-state index in [1.165, 1.54) is 0 Å². The summed E-state index contributed by atoms with van der Waals surface area (Å²) in [5.74, 6) is 1.86. The Kier molecular flexibility index (Phi) is 3.12. The molecular formula is C11H18N6. The van der Waals surface area contributed by atoms with E-state index in [1.807, 2.05) is 17.8 Å². The predicted molar refractivity (Wildman–Crippen MR) is 65.5 cm³/mol. The van der Waals surface area contributed by atoms with E-state index in [0.29, 0.717) is 11.7 Å². The van der Waals surface area contributed by atoms with Crippen molar-refractivity contribution in [3.8, 4) is 0 Å². The molecule has 0 aromatic carbocycles. The first kappa shape index (κ1) is 11.6. The molecule has 0 unspecified atom stereocenters. The van der Waals surface area contributed by atoms with Crippen molar-refractivity contribution in [2.24, 2.45) is 0 Å². The van der Waals surface area contributed by atoms with Crippen molar-refractivity contribution in [2.75, 3.05) is 5.73 Å². The number of aromatic nitrogens is 5. The third-order valence-corrected chi connectivity index (χ3v) is 2.82. The number of hydrogen-bond donors (Lipinski definition) is 1. The van der Waals surface area contributed by atoms with E-state index in [4.69, 9.17) is 5.73 Å². The Morgan fingerprint density at radius 3 is 2.71 bits per heavy atom. The molecule has 6 heteroatoms. The van der Waals surface area contributed by atoms with Gasteiger partial charge in [0.2, 0.25) is 0 Å². The minimum Gasteiger partial charge on any atom is -0.381 e. The van der Waals surface area contributed by atoms with Crippen molar-refractivity contribution in [1.82, 2.24) is 24.5 Å². The Hall–Kier alpha value is -1.85. The summed E-state index contributed by atoms with van der Waals surface area (Å²) in [5.41, 5.74) is 6.81. The van der Waals surface area contributed by atoms with Crippen molar-refractivity contribution in [3.63, 3.8) is 0 Å². The molecule has 2 N–H and O–H groups in total. The summed E-state index contributed by atoms with van der Waals surface area (Å²) in [5, 5.41) is 8.00. The summed E-state index contributed by atoms with van der Waals surface area (Å²) < 4.78 is 3.96. The second kappa shape index (κ2) is 4.57. The molecule has 2 rings (SSSR count). The highest BCUT2D eigenvalue weighted by atomic mass is 15.4. The molecule has 0 saturated heterocycles. The molecule has 2 heterocycles. The van der Waals surface area contributed by atoms with Gasteiger partial charge in [-0.05, 0) is 12.8 Å². The van der Waals surface area contributed by atoms with E-state index in [0.717, 1.165) is 24.6 Å². The molecule has 0 bridgehead atoms. The second-order valence-electron chi connectivity index (χ2n) is 4.41. The molecule has 0 saturated carbocycles. The molecule has 0 fully saturated rings. The smallest absolute Gasteiger partial charge is 0.169 e. The van der Waals surface area contributed by atoms with E-state index < -0.39 is 0 Å². The number of anilines is 1. The Morgan fingerprint density at radius 2 is 2.12 bits per heavy atom. The van der Waals surface area contributed by atoms with Gasteiger partial charge in [-0.25, -0.2) is 9.67 Å². The predicted octanol–water partition coefficient (Wildman–Crippen LogP) is 1.19. The molecule has 0 amide bonds. The van der Waals surface area contributed by atoms with Gasteiger partial charge in [-0.1, -0.05) is 19.1 Å². The average Bonchev–Trinajstić information content (AvgIpc) is 2.82. The van der Waals surface area contributed by atoms with Gasteiger partial charge in [-0.2, -0.15) is 0 Å². The lowest BCUT2D eigenvalue weighted by Gasteiger charge is -2.10. The minimum absolute atomic E-state index is 0.328. The van der Waals surface area contributed by atoms with Crippen molar-refractivity contribution < 1.29 is 0 Å². The van der Waals surface area contributed by atoms with Gasteiger partial charge >= 0.3 is 0 Å². The first-order valence-corrected chi connectivity index (χ1v) is 5.76. The van der Waals surface area contributed by atoms with Crippen LogP contribution in [0.25, 0.3) is 0 Å². The molecule has 17 heavy (non-hydrogen) atoms. The molecule has 0 spiro atoms. The number of nitrogen functional groups attached to an aromatic ring is 1. The van der Waals surface area contributed by atoms with Gasteiger partial charge in [0.1, 0.15) is 5.82 Å². The summed E-state index contributed by atoms with van der Waals surface area (Å²) in [6.07, 6.45) is 3.76. The fourth-order valence-electron chi connectivity index (χ4n) is 1.94. The van der Waals surface area contributed by atoms with Crippen molar-refractivity contribution in [2.45, 2.75) is 39.8 Å². The second-order valence-corrected chi connectivity index (χ2v) is 4.41. The van der Waals surface area contributed by atoms with Gasteiger partial charge in [0.15, 0.2) is 5.82 Å². The fourth-order valence-corrected chi connectivity index (χ4v) is 1.94. The highest BCUT2D eigenvalue weighted by Crippen LogP contribution is 2.18. The summed E-state index contributed by atoms with van der Waals surface area (Å²) in [6, 6.07) is 0. The van der Waals surface area contributed by atoms with Crippen molar-refractivity contribution in [3.05, 3.63) is 23.9 Å². The average molecular weight is 234 g/mol. The molecule has 0 radical (unpaired) electrons. The third-order valence-electron chi connectivity index (χ3n) is 2.82. The molecule has 6 nitrogen and oxygen atoms in total. The van der Waals surface area contributed by atoms with Crippen LogP contribution in [0.5, 0.6) is 0 Å². The zero-order valence-electron chi connectivity index (χ0n) is 10.5. The number of imidazole rings is 1. The normalized spacial score (nSPS) is 11.3. The Morgan fingerprint density at radius 1 is 1.35 bits per heavy atom. The van der Waals surface area contributed by atoms with Crippen LogP contribution >= 0.6 is 0 Å². The Bertz CT molecular complexity index is 496. The molecule has 92 valence electrons. The van der Waals surface area contributed by atoms with Crippen LogP contribution in [0, 0.1) is 6.92 Å².